The van der Waals surface area contributed by atoms with Crippen molar-refractivity contribution in [3.05, 3.63) is 78.4 Å². The zero-order chi connectivity index (χ0) is 19.7. The predicted molar refractivity (Wildman–Crippen MR) is 110 cm³/mol. The zero-order valence-corrected chi connectivity index (χ0v) is 16.0. The number of benzene rings is 3. The van der Waals surface area contributed by atoms with Gasteiger partial charge in [-0.2, -0.15) is 0 Å². The Morgan fingerprint density at radius 3 is 2.29 bits per heavy atom. The third-order valence-corrected chi connectivity index (χ3v) is 5.28. The Balaban J connectivity index is 1.71. The van der Waals surface area contributed by atoms with Crippen molar-refractivity contribution < 1.29 is 14.6 Å². The Morgan fingerprint density at radius 1 is 0.929 bits per heavy atom. The summed E-state index contributed by atoms with van der Waals surface area (Å²) in [6.45, 7) is 4.47. The molecule has 4 rings (SSSR count). The minimum atomic E-state index is -1.02. The van der Waals surface area contributed by atoms with Crippen molar-refractivity contribution in [1.29, 1.82) is 0 Å². The van der Waals surface area contributed by atoms with Crippen LogP contribution in [0.3, 0.4) is 0 Å². The van der Waals surface area contributed by atoms with Crippen LogP contribution < -0.4 is 10.1 Å². The van der Waals surface area contributed by atoms with E-state index in [0.29, 0.717) is 6.61 Å². The fraction of sp³-hybridized carbons (Fsp3) is 0.208. The van der Waals surface area contributed by atoms with Gasteiger partial charge in [0.25, 0.3) is 0 Å². The van der Waals surface area contributed by atoms with Gasteiger partial charge in [0.15, 0.2) is 0 Å². The summed E-state index contributed by atoms with van der Waals surface area (Å²) in [7, 11) is 0. The second kappa shape index (κ2) is 7.04. The molecule has 0 saturated heterocycles. The monoisotopic (exact) mass is 373 g/mol. The zero-order valence-electron chi connectivity index (χ0n) is 16.0. The summed E-state index contributed by atoms with van der Waals surface area (Å²) in [6.07, 6.45) is -1.02. The average Bonchev–Trinajstić information content (AvgIpc) is 2.70. The predicted octanol–water partition coefficient (Wildman–Crippen LogP) is 5.75. The molecule has 1 heterocycles. The first-order valence-electron chi connectivity index (χ1n) is 9.36. The first kappa shape index (κ1) is 18.1. The molecule has 2 N–H and O–H groups in total. The third-order valence-electron chi connectivity index (χ3n) is 5.28. The van der Waals surface area contributed by atoms with E-state index in [9.17, 15) is 9.90 Å². The number of ether oxygens (including phenoxy) is 1. The molecule has 1 unspecified atom stereocenters. The largest absolute Gasteiger partial charge is 0.493 e. The van der Waals surface area contributed by atoms with Crippen molar-refractivity contribution in [3.63, 3.8) is 0 Å². The fourth-order valence-corrected chi connectivity index (χ4v) is 3.75. The number of carboxylic acid groups (broad SMARTS) is 1. The standard InChI is InChI=1S/C24H23NO3/c1-24(2)15-28-21-14-19(11-12-20(21)22(24)25-23(26)27)18-10-6-9-17(13-18)16-7-4-3-5-8-16/h3-14,22,25H,15H2,1-2H3,(H,26,27). The molecular weight excluding hydrogens is 350 g/mol. The summed E-state index contributed by atoms with van der Waals surface area (Å²) in [5, 5.41) is 11.9. The van der Waals surface area contributed by atoms with E-state index in [0.717, 1.165) is 28.0 Å². The van der Waals surface area contributed by atoms with Crippen LogP contribution in [0.1, 0.15) is 25.5 Å². The van der Waals surface area contributed by atoms with E-state index in [2.05, 4.69) is 41.7 Å². The van der Waals surface area contributed by atoms with E-state index < -0.39 is 6.09 Å². The molecule has 1 atom stereocenters. The second-order valence-corrected chi connectivity index (χ2v) is 7.86. The number of nitrogens with one attached hydrogen (secondary N) is 1. The number of fused-ring (bicyclic) bond motifs is 1. The van der Waals surface area contributed by atoms with Crippen LogP contribution in [0.5, 0.6) is 5.75 Å². The van der Waals surface area contributed by atoms with Crippen LogP contribution in [0.15, 0.2) is 72.8 Å². The van der Waals surface area contributed by atoms with E-state index >= 15 is 0 Å². The second-order valence-electron chi connectivity index (χ2n) is 7.86. The maximum atomic E-state index is 11.3. The summed E-state index contributed by atoms with van der Waals surface area (Å²) in [5.74, 6) is 0.737. The summed E-state index contributed by atoms with van der Waals surface area (Å²) < 4.78 is 5.99. The molecular formula is C24H23NO3. The molecule has 1 amide bonds. The molecule has 0 saturated carbocycles. The van der Waals surface area contributed by atoms with Gasteiger partial charge in [0.05, 0.1) is 12.6 Å². The Bertz CT molecular complexity index is 1010. The lowest BCUT2D eigenvalue weighted by atomic mass is 9.78. The van der Waals surface area contributed by atoms with Crippen LogP contribution >= 0.6 is 0 Å². The molecule has 0 aliphatic carbocycles. The van der Waals surface area contributed by atoms with Crippen molar-refractivity contribution in [2.75, 3.05) is 6.61 Å². The number of amides is 1. The molecule has 0 fully saturated rings. The molecule has 0 bridgehead atoms. The van der Waals surface area contributed by atoms with Gasteiger partial charge in [-0.1, -0.05) is 74.5 Å². The van der Waals surface area contributed by atoms with Gasteiger partial charge in [-0.3, -0.25) is 0 Å². The highest BCUT2D eigenvalue weighted by Crippen LogP contribution is 2.44. The smallest absolute Gasteiger partial charge is 0.405 e. The number of hydrogen-bond donors (Lipinski definition) is 2. The van der Waals surface area contributed by atoms with Gasteiger partial charge < -0.3 is 15.2 Å². The third kappa shape index (κ3) is 3.46. The molecule has 1 aliphatic heterocycles. The Morgan fingerprint density at radius 2 is 1.57 bits per heavy atom. The maximum absolute atomic E-state index is 11.3. The lowest BCUT2D eigenvalue weighted by molar-refractivity contribution is 0.0996. The van der Waals surface area contributed by atoms with Crippen molar-refractivity contribution in [3.8, 4) is 28.0 Å². The average molecular weight is 373 g/mol. The lowest BCUT2D eigenvalue weighted by Crippen LogP contribution is -2.43. The van der Waals surface area contributed by atoms with Crippen molar-refractivity contribution in [1.82, 2.24) is 5.32 Å². The minimum Gasteiger partial charge on any atom is -0.493 e. The first-order chi connectivity index (χ1) is 13.4. The first-order valence-corrected chi connectivity index (χ1v) is 9.36. The van der Waals surface area contributed by atoms with E-state index in [1.807, 2.05) is 50.2 Å². The molecule has 3 aromatic carbocycles. The van der Waals surface area contributed by atoms with Gasteiger partial charge in [0.1, 0.15) is 5.75 Å². The van der Waals surface area contributed by atoms with Crippen molar-refractivity contribution in [2.24, 2.45) is 5.41 Å². The summed E-state index contributed by atoms with van der Waals surface area (Å²) in [5.41, 5.74) is 5.03. The summed E-state index contributed by atoms with van der Waals surface area (Å²) in [4.78, 5) is 11.3. The van der Waals surface area contributed by atoms with E-state index in [1.54, 1.807) is 0 Å². The van der Waals surface area contributed by atoms with Gasteiger partial charge in [-0.05, 0) is 34.4 Å². The van der Waals surface area contributed by atoms with Crippen LogP contribution in [0, 0.1) is 5.41 Å². The topological polar surface area (TPSA) is 58.6 Å². The van der Waals surface area contributed by atoms with E-state index in [-0.39, 0.29) is 11.5 Å². The highest BCUT2D eigenvalue weighted by atomic mass is 16.5. The Labute approximate surface area is 164 Å². The Hall–Kier alpha value is -3.27. The molecule has 3 aromatic rings. The number of rotatable bonds is 3. The van der Waals surface area contributed by atoms with Crippen molar-refractivity contribution in [2.45, 2.75) is 19.9 Å². The summed E-state index contributed by atoms with van der Waals surface area (Å²) in [6, 6.07) is 24.4. The van der Waals surface area contributed by atoms with E-state index in [4.69, 9.17) is 4.74 Å². The molecule has 0 aromatic heterocycles. The highest BCUT2D eigenvalue weighted by molar-refractivity contribution is 5.74. The summed E-state index contributed by atoms with van der Waals surface area (Å²) >= 11 is 0. The van der Waals surface area contributed by atoms with Crippen LogP contribution in [0.4, 0.5) is 4.79 Å². The van der Waals surface area contributed by atoms with Crippen LogP contribution in [0.2, 0.25) is 0 Å². The van der Waals surface area contributed by atoms with Gasteiger partial charge in [0, 0.05) is 11.0 Å². The van der Waals surface area contributed by atoms with Gasteiger partial charge >= 0.3 is 6.09 Å². The number of hydrogen-bond acceptors (Lipinski definition) is 2. The molecule has 1 aliphatic rings. The molecule has 0 spiro atoms. The molecule has 142 valence electrons. The highest BCUT2D eigenvalue weighted by Gasteiger charge is 2.38. The fourth-order valence-electron chi connectivity index (χ4n) is 3.75. The number of carbonyl (C=O) groups is 1. The Kier molecular flexibility index (Phi) is 4.55. The van der Waals surface area contributed by atoms with E-state index in [1.165, 1.54) is 5.56 Å². The quantitative estimate of drug-likeness (QED) is 0.615. The van der Waals surface area contributed by atoms with Gasteiger partial charge in [-0.15, -0.1) is 0 Å². The molecule has 28 heavy (non-hydrogen) atoms. The molecule has 4 heteroatoms. The molecule has 0 radical (unpaired) electrons. The van der Waals surface area contributed by atoms with Crippen LogP contribution in [-0.2, 0) is 0 Å². The van der Waals surface area contributed by atoms with Crippen molar-refractivity contribution >= 4 is 6.09 Å². The van der Waals surface area contributed by atoms with Crippen LogP contribution in [-0.4, -0.2) is 17.8 Å². The van der Waals surface area contributed by atoms with Gasteiger partial charge in [-0.25, -0.2) is 4.79 Å². The lowest BCUT2D eigenvalue weighted by Gasteiger charge is -2.39. The normalized spacial score (nSPS) is 17.3. The maximum Gasteiger partial charge on any atom is 0.405 e. The van der Waals surface area contributed by atoms with Crippen LogP contribution in [0.25, 0.3) is 22.3 Å². The SMILES string of the molecule is CC1(C)COc2cc(-c3cccc(-c4ccccc4)c3)ccc2C1NC(=O)O. The molecule has 4 nitrogen and oxygen atoms in total. The minimum absolute atomic E-state index is 0.307. The van der Waals surface area contributed by atoms with Gasteiger partial charge in [0.2, 0.25) is 0 Å².